The molecule has 0 spiro atoms. The lowest BCUT2D eigenvalue weighted by Gasteiger charge is -2.22. The van der Waals surface area contributed by atoms with Gasteiger partial charge in [-0.05, 0) is 31.5 Å². The number of carbonyl (C=O) groups is 2. The van der Waals surface area contributed by atoms with Crippen LogP contribution in [0.2, 0.25) is 0 Å². The second-order valence-corrected chi connectivity index (χ2v) is 3.52. The lowest BCUT2D eigenvalue weighted by atomic mass is 10.1. The third kappa shape index (κ3) is 2.31. The van der Waals surface area contributed by atoms with E-state index in [1.807, 2.05) is 0 Å². The predicted octanol–water partition coefficient (Wildman–Crippen LogP) is 1.14. The van der Waals surface area contributed by atoms with Gasteiger partial charge in [0.15, 0.2) is 0 Å². The molecular formula is C11H13NO4. The highest BCUT2D eigenvalue weighted by molar-refractivity contribution is 5.89. The van der Waals surface area contributed by atoms with Crippen LogP contribution in [0.1, 0.15) is 12.5 Å². The Bertz CT molecular complexity index is 416. The van der Waals surface area contributed by atoms with E-state index in [9.17, 15) is 14.7 Å². The number of carbonyl (C=O) groups excluding carboxylic acids is 1. The Balaban J connectivity index is 3.17. The van der Waals surface area contributed by atoms with Crippen molar-refractivity contribution in [1.29, 1.82) is 0 Å². The minimum atomic E-state index is -1.13. The summed E-state index contributed by atoms with van der Waals surface area (Å²) in [5.41, 5.74) is 1.03. The maximum absolute atomic E-state index is 10.9. The molecule has 1 atom stereocenters. The second kappa shape index (κ2) is 4.65. The zero-order valence-electron chi connectivity index (χ0n) is 9.04. The van der Waals surface area contributed by atoms with E-state index in [1.165, 1.54) is 13.0 Å². The molecule has 0 aliphatic heterocycles. The first-order valence-electron chi connectivity index (χ1n) is 4.73. The Hall–Kier alpha value is -2.04. The van der Waals surface area contributed by atoms with Crippen molar-refractivity contribution in [3.63, 3.8) is 0 Å². The number of amides is 1. The summed E-state index contributed by atoms with van der Waals surface area (Å²) in [4.78, 5) is 22.6. The number of phenols is 1. The number of hydrogen-bond donors (Lipinski definition) is 2. The number of benzene rings is 1. The molecule has 0 saturated carbocycles. The number of carboxylic acids is 1. The molecule has 0 heterocycles. The topological polar surface area (TPSA) is 77.8 Å². The first-order chi connectivity index (χ1) is 7.47. The van der Waals surface area contributed by atoms with Crippen molar-refractivity contribution in [1.82, 2.24) is 0 Å². The molecule has 1 unspecified atom stereocenters. The number of hydrogen-bond acceptors (Lipinski definition) is 3. The van der Waals surface area contributed by atoms with E-state index >= 15 is 0 Å². The van der Waals surface area contributed by atoms with Crippen LogP contribution in [0.3, 0.4) is 0 Å². The normalized spacial score (nSPS) is 11.9. The number of anilines is 1. The summed E-state index contributed by atoms with van der Waals surface area (Å²) < 4.78 is 0. The molecule has 0 saturated heterocycles. The van der Waals surface area contributed by atoms with E-state index in [2.05, 4.69) is 0 Å². The van der Waals surface area contributed by atoms with Gasteiger partial charge in [-0.3, -0.25) is 9.69 Å². The van der Waals surface area contributed by atoms with E-state index in [0.717, 1.165) is 10.5 Å². The molecule has 1 amide bonds. The van der Waals surface area contributed by atoms with Crippen LogP contribution in [0.15, 0.2) is 18.2 Å². The minimum absolute atomic E-state index is 0.120. The molecule has 5 nitrogen and oxygen atoms in total. The van der Waals surface area contributed by atoms with Crippen molar-refractivity contribution >= 4 is 18.1 Å². The van der Waals surface area contributed by atoms with Crippen LogP contribution in [-0.2, 0) is 9.59 Å². The molecule has 1 rings (SSSR count). The van der Waals surface area contributed by atoms with E-state index in [4.69, 9.17) is 5.11 Å². The Kier molecular flexibility index (Phi) is 3.50. The predicted molar refractivity (Wildman–Crippen MR) is 58.5 cm³/mol. The fourth-order valence-electron chi connectivity index (χ4n) is 1.32. The fourth-order valence-corrected chi connectivity index (χ4v) is 1.32. The molecule has 0 aromatic heterocycles. The van der Waals surface area contributed by atoms with E-state index in [0.29, 0.717) is 6.41 Å². The average molecular weight is 223 g/mol. The standard InChI is InChI=1S/C11H13NO4/c1-7-3-4-10(14)9(5-7)12(6-13)8(2)11(15)16/h3-6,8,14H,1-2H3,(H,15,16). The van der Waals surface area contributed by atoms with Crippen LogP contribution < -0.4 is 4.90 Å². The van der Waals surface area contributed by atoms with Crippen molar-refractivity contribution in [3.8, 4) is 5.75 Å². The van der Waals surface area contributed by atoms with Gasteiger partial charge in [0.05, 0.1) is 5.69 Å². The molecular weight excluding hydrogens is 210 g/mol. The number of aryl methyl sites for hydroxylation is 1. The van der Waals surface area contributed by atoms with Gasteiger partial charge in [-0.2, -0.15) is 0 Å². The molecule has 0 aliphatic rings. The summed E-state index contributed by atoms with van der Waals surface area (Å²) in [5.74, 6) is -1.25. The summed E-state index contributed by atoms with van der Waals surface area (Å²) in [6, 6.07) is 3.64. The Morgan fingerprint density at radius 1 is 1.50 bits per heavy atom. The maximum atomic E-state index is 10.9. The Morgan fingerprint density at radius 3 is 2.62 bits per heavy atom. The summed E-state index contributed by atoms with van der Waals surface area (Å²) in [6.45, 7) is 3.16. The minimum Gasteiger partial charge on any atom is -0.506 e. The molecule has 0 aliphatic carbocycles. The first-order valence-corrected chi connectivity index (χ1v) is 4.73. The van der Waals surface area contributed by atoms with Crippen molar-refractivity contribution in [2.45, 2.75) is 19.9 Å². The fraction of sp³-hybridized carbons (Fsp3) is 0.273. The second-order valence-electron chi connectivity index (χ2n) is 3.52. The molecule has 1 aromatic carbocycles. The van der Waals surface area contributed by atoms with Gasteiger partial charge in [-0.1, -0.05) is 6.07 Å². The summed E-state index contributed by atoms with van der Waals surface area (Å²) >= 11 is 0. The number of aromatic hydroxyl groups is 1. The lowest BCUT2D eigenvalue weighted by molar-refractivity contribution is -0.138. The summed E-state index contributed by atoms with van der Waals surface area (Å²) in [5, 5.41) is 18.4. The van der Waals surface area contributed by atoms with Crippen molar-refractivity contribution in [2.75, 3.05) is 4.90 Å². The quantitative estimate of drug-likeness (QED) is 0.750. The Morgan fingerprint density at radius 2 is 2.12 bits per heavy atom. The lowest BCUT2D eigenvalue weighted by Crippen LogP contribution is -2.38. The summed E-state index contributed by atoms with van der Waals surface area (Å²) in [7, 11) is 0. The van der Waals surface area contributed by atoms with Crippen LogP contribution >= 0.6 is 0 Å². The third-order valence-corrected chi connectivity index (χ3v) is 2.30. The SMILES string of the molecule is Cc1ccc(O)c(N(C=O)C(C)C(=O)O)c1. The average Bonchev–Trinajstić information content (AvgIpc) is 2.23. The van der Waals surface area contributed by atoms with Gasteiger partial charge in [-0.25, -0.2) is 4.79 Å². The zero-order valence-corrected chi connectivity index (χ0v) is 9.04. The van der Waals surface area contributed by atoms with Crippen LogP contribution in [0.4, 0.5) is 5.69 Å². The zero-order chi connectivity index (χ0) is 12.3. The van der Waals surface area contributed by atoms with Crippen molar-refractivity contribution in [3.05, 3.63) is 23.8 Å². The highest BCUT2D eigenvalue weighted by Crippen LogP contribution is 2.28. The molecule has 2 N–H and O–H groups in total. The molecule has 0 radical (unpaired) electrons. The number of phenolic OH excluding ortho intramolecular Hbond substituents is 1. The molecule has 1 aromatic rings. The molecule has 86 valence electrons. The van der Waals surface area contributed by atoms with Crippen LogP contribution in [0.25, 0.3) is 0 Å². The number of carboxylic acid groups (broad SMARTS) is 1. The molecule has 0 fully saturated rings. The molecule has 0 bridgehead atoms. The van der Waals surface area contributed by atoms with E-state index in [1.54, 1.807) is 19.1 Å². The maximum Gasteiger partial charge on any atom is 0.326 e. The van der Waals surface area contributed by atoms with E-state index < -0.39 is 12.0 Å². The van der Waals surface area contributed by atoms with Gasteiger partial charge in [0.2, 0.25) is 6.41 Å². The van der Waals surface area contributed by atoms with Crippen LogP contribution in [0, 0.1) is 6.92 Å². The molecule has 5 heteroatoms. The highest BCUT2D eigenvalue weighted by Gasteiger charge is 2.22. The highest BCUT2D eigenvalue weighted by atomic mass is 16.4. The van der Waals surface area contributed by atoms with E-state index in [-0.39, 0.29) is 11.4 Å². The van der Waals surface area contributed by atoms with Gasteiger partial charge in [0.1, 0.15) is 11.8 Å². The Labute approximate surface area is 92.9 Å². The number of rotatable bonds is 4. The first kappa shape index (κ1) is 12.0. The largest absolute Gasteiger partial charge is 0.506 e. The van der Waals surface area contributed by atoms with Gasteiger partial charge >= 0.3 is 5.97 Å². The van der Waals surface area contributed by atoms with Crippen LogP contribution in [-0.4, -0.2) is 28.6 Å². The molecule has 16 heavy (non-hydrogen) atoms. The van der Waals surface area contributed by atoms with Crippen LogP contribution in [0.5, 0.6) is 5.75 Å². The van der Waals surface area contributed by atoms with Gasteiger partial charge in [0.25, 0.3) is 0 Å². The van der Waals surface area contributed by atoms with Gasteiger partial charge < -0.3 is 10.2 Å². The monoisotopic (exact) mass is 223 g/mol. The van der Waals surface area contributed by atoms with Gasteiger partial charge in [0, 0.05) is 0 Å². The number of nitrogens with zero attached hydrogens (tertiary/aromatic N) is 1. The smallest absolute Gasteiger partial charge is 0.326 e. The van der Waals surface area contributed by atoms with Gasteiger partial charge in [-0.15, -0.1) is 0 Å². The number of aliphatic carboxylic acids is 1. The van der Waals surface area contributed by atoms with Crippen molar-refractivity contribution < 1.29 is 19.8 Å². The third-order valence-electron chi connectivity index (χ3n) is 2.30. The summed E-state index contributed by atoms with van der Waals surface area (Å²) in [6.07, 6.45) is 0.396. The van der Waals surface area contributed by atoms with Crippen molar-refractivity contribution in [2.24, 2.45) is 0 Å².